The van der Waals surface area contributed by atoms with Crippen LogP contribution in [0.1, 0.15) is 5.56 Å². The van der Waals surface area contributed by atoms with Gasteiger partial charge in [-0.2, -0.15) is 5.10 Å². The normalized spacial score (nSPS) is 10.8. The minimum Gasteiger partial charge on any atom is -0.497 e. The number of ether oxygens (including phenoxy) is 2. The number of anilines is 1. The van der Waals surface area contributed by atoms with Crippen LogP contribution in [0.4, 0.5) is 5.13 Å². The van der Waals surface area contributed by atoms with E-state index in [9.17, 15) is 0 Å². The quantitative estimate of drug-likeness (QED) is 0.492. The van der Waals surface area contributed by atoms with Gasteiger partial charge in [0.1, 0.15) is 11.5 Å². The van der Waals surface area contributed by atoms with E-state index in [2.05, 4.69) is 15.5 Å². The Morgan fingerprint density at radius 2 is 2.04 bits per heavy atom. The number of hydrogen-bond acceptors (Lipinski definition) is 6. The summed E-state index contributed by atoms with van der Waals surface area (Å²) in [5, 5.41) is 7.50. The Hall–Kier alpha value is -2.57. The summed E-state index contributed by atoms with van der Waals surface area (Å²) >= 11 is 7.41. The van der Waals surface area contributed by atoms with Gasteiger partial charge in [0.15, 0.2) is 0 Å². The Morgan fingerprint density at radius 3 is 2.80 bits per heavy atom. The van der Waals surface area contributed by atoms with Gasteiger partial charge >= 0.3 is 0 Å². The molecule has 0 fully saturated rings. The number of halogens is 1. The smallest absolute Gasteiger partial charge is 0.203 e. The van der Waals surface area contributed by atoms with Gasteiger partial charge in [0.05, 0.1) is 26.1 Å². The van der Waals surface area contributed by atoms with Crippen molar-refractivity contribution in [3.05, 3.63) is 58.4 Å². The van der Waals surface area contributed by atoms with Crippen LogP contribution in [-0.4, -0.2) is 25.4 Å². The number of benzene rings is 2. The summed E-state index contributed by atoms with van der Waals surface area (Å²) in [6.07, 6.45) is 1.70. The molecule has 3 rings (SSSR count). The molecule has 3 aromatic rings. The zero-order valence-electron chi connectivity index (χ0n) is 13.7. The van der Waals surface area contributed by atoms with Gasteiger partial charge in [-0.05, 0) is 29.8 Å². The third kappa shape index (κ3) is 4.29. The molecular weight excluding hydrogens is 358 g/mol. The molecule has 0 aliphatic rings. The molecule has 0 saturated heterocycles. The van der Waals surface area contributed by atoms with Crippen molar-refractivity contribution in [1.29, 1.82) is 0 Å². The third-order valence-corrected chi connectivity index (χ3v) is 4.39. The van der Waals surface area contributed by atoms with E-state index in [1.54, 1.807) is 20.4 Å². The van der Waals surface area contributed by atoms with Gasteiger partial charge in [-0.25, -0.2) is 4.98 Å². The van der Waals surface area contributed by atoms with Crippen molar-refractivity contribution in [1.82, 2.24) is 4.98 Å². The van der Waals surface area contributed by atoms with Crippen molar-refractivity contribution < 1.29 is 9.47 Å². The average Bonchev–Trinajstić information content (AvgIpc) is 3.10. The number of methoxy groups -OCH3 is 2. The van der Waals surface area contributed by atoms with Crippen molar-refractivity contribution in [2.45, 2.75) is 0 Å². The fourth-order valence-electron chi connectivity index (χ4n) is 2.21. The fraction of sp³-hybridized carbons (Fsp3) is 0.111. The summed E-state index contributed by atoms with van der Waals surface area (Å²) in [4.78, 5) is 4.54. The maximum Gasteiger partial charge on any atom is 0.203 e. The van der Waals surface area contributed by atoms with Gasteiger partial charge in [-0.1, -0.05) is 23.7 Å². The molecule has 2 aromatic carbocycles. The first kappa shape index (κ1) is 17.3. The van der Waals surface area contributed by atoms with Crippen molar-refractivity contribution in [2.75, 3.05) is 19.6 Å². The van der Waals surface area contributed by atoms with Crippen molar-refractivity contribution >= 4 is 34.3 Å². The van der Waals surface area contributed by atoms with Crippen LogP contribution < -0.4 is 14.9 Å². The number of hydrazone groups is 1. The summed E-state index contributed by atoms with van der Waals surface area (Å²) in [5.74, 6) is 1.44. The highest BCUT2D eigenvalue weighted by atomic mass is 35.5. The molecule has 1 aromatic heterocycles. The van der Waals surface area contributed by atoms with Crippen LogP contribution >= 0.6 is 22.9 Å². The summed E-state index contributed by atoms with van der Waals surface area (Å²) in [6.45, 7) is 0. The second kappa shape index (κ2) is 8.00. The van der Waals surface area contributed by atoms with Crippen LogP contribution in [-0.2, 0) is 0 Å². The number of hydrogen-bond donors (Lipinski definition) is 1. The molecule has 25 heavy (non-hydrogen) atoms. The predicted octanol–water partition coefficient (Wildman–Crippen LogP) is 4.93. The van der Waals surface area contributed by atoms with E-state index in [4.69, 9.17) is 21.1 Å². The summed E-state index contributed by atoms with van der Waals surface area (Å²) < 4.78 is 10.6. The molecule has 1 heterocycles. The lowest BCUT2D eigenvalue weighted by atomic mass is 10.1. The van der Waals surface area contributed by atoms with Gasteiger partial charge in [-0.3, -0.25) is 5.43 Å². The van der Waals surface area contributed by atoms with Crippen molar-refractivity contribution in [3.8, 4) is 22.8 Å². The molecule has 0 amide bonds. The number of rotatable bonds is 6. The van der Waals surface area contributed by atoms with Gasteiger partial charge in [0.2, 0.25) is 5.13 Å². The minimum atomic E-state index is 0.673. The van der Waals surface area contributed by atoms with Gasteiger partial charge in [-0.15, -0.1) is 11.3 Å². The first-order valence-corrected chi connectivity index (χ1v) is 8.68. The lowest BCUT2D eigenvalue weighted by Gasteiger charge is -2.08. The highest BCUT2D eigenvalue weighted by molar-refractivity contribution is 7.14. The van der Waals surface area contributed by atoms with Crippen LogP contribution in [0.15, 0.2) is 52.9 Å². The van der Waals surface area contributed by atoms with Gasteiger partial charge in [0.25, 0.3) is 0 Å². The molecule has 128 valence electrons. The molecule has 0 bridgehead atoms. The Balaban J connectivity index is 1.74. The van der Waals surface area contributed by atoms with E-state index in [0.29, 0.717) is 15.9 Å². The van der Waals surface area contributed by atoms with Crippen LogP contribution in [0.25, 0.3) is 11.3 Å². The fourth-order valence-corrected chi connectivity index (χ4v) is 3.07. The van der Waals surface area contributed by atoms with Crippen LogP contribution in [0.3, 0.4) is 0 Å². The maximum absolute atomic E-state index is 5.95. The number of aromatic nitrogens is 1. The topological polar surface area (TPSA) is 55.7 Å². The molecule has 0 spiro atoms. The standard InChI is InChI=1S/C18H16ClN3O2S/c1-23-14-6-7-15(17(9-14)24-2)16-11-25-18(21-16)22-20-10-12-4-3-5-13(19)8-12/h3-11H,1-2H3,(H,21,22)/b20-10-. The lowest BCUT2D eigenvalue weighted by Crippen LogP contribution is -1.92. The van der Waals surface area contributed by atoms with E-state index in [-0.39, 0.29) is 0 Å². The molecule has 0 aliphatic carbocycles. The Morgan fingerprint density at radius 1 is 1.16 bits per heavy atom. The molecule has 0 radical (unpaired) electrons. The first-order valence-electron chi connectivity index (χ1n) is 7.42. The molecule has 5 nitrogen and oxygen atoms in total. The SMILES string of the molecule is COc1ccc(-c2csc(N/N=C\c3cccc(Cl)c3)n2)c(OC)c1. The van der Waals surface area contributed by atoms with Crippen molar-refractivity contribution in [3.63, 3.8) is 0 Å². The Bertz CT molecular complexity index is 896. The predicted molar refractivity (Wildman–Crippen MR) is 103 cm³/mol. The highest BCUT2D eigenvalue weighted by Gasteiger charge is 2.11. The van der Waals surface area contributed by atoms with Crippen LogP contribution in [0.5, 0.6) is 11.5 Å². The summed E-state index contributed by atoms with van der Waals surface area (Å²) in [5.41, 5.74) is 5.55. The van der Waals surface area contributed by atoms with Gasteiger partial charge in [0, 0.05) is 22.0 Å². The molecule has 7 heteroatoms. The van der Waals surface area contributed by atoms with Crippen LogP contribution in [0, 0.1) is 0 Å². The van der Waals surface area contributed by atoms with E-state index < -0.39 is 0 Å². The number of nitrogens with one attached hydrogen (secondary N) is 1. The zero-order valence-corrected chi connectivity index (χ0v) is 15.3. The largest absolute Gasteiger partial charge is 0.497 e. The molecule has 0 atom stereocenters. The van der Waals surface area contributed by atoms with E-state index >= 15 is 0 Å². The number of nitrogens with zero attached hydrogens (tertiary/aromatic N) is 2. The zero-order chi connectivity index (χ0) is 17.6. The van der Waals surface area contributed by atoms with Gasteiger partial charge < -0.3 is 9.47 Å². The average molecular weight is 374 g/mol. The lowest BCUT2D eigenvalue weighted by molar-refractivity contribution is 0.395. The van der Waals surface area contributed by atoms with E-state index in [1.165, 1.54) is 11.3 Å². The van der Waals surface area contributed by atoms with Crippen molar-refractivity contribution in [2.24, 2.45) is 5.10 Å². The van der Waals surface area contributed by atoms with E-state index in [0.717, 1.165) is 22.6 Å². The summed E-state index contributed by atoms with van der Waals surface area (Å²) in [7, 11) is 3.25. The minimum absolute atomic E-state index is 0.673. The molecule has 0 unspecified atom stereocenters. The third-order valence-electron chi connectivity index (χ3n) is 3.41. The molecule has 0 saturated carbocycles. The molecular formula is C18H16ClN3O2S. The highest BCUT2D eigenvalue weighted by Crippen LogP contribution is 2.34. The Kier molecular flexibility index (Phi) is 5.53. The monoisotopic (exact) mass is 373 g/mol. The number of thiazole rings is 1. The van der Waals surface area contributed by atoms with E-state index in [1.807, 2.05) is 47.8 Å². The second-order valence-corrected chi connectivity index (χ2v) is 6.32. The second-order valence-electron chi connectivity index (χ2n) is 5.03. The Labute approximate surface area is 154 Å². The molecule has 1 N–H and O–H groups in total. The first-order chi connectivity index (χ1) is 12.2. The summed E-state index contributed by atoms with van der Waals surface area (Å²) in [6, 6.07) is 13.1. The van der Waals surface area contributed by atoms with Crippen LogP contribution in [0.2, 0.25) is 5.02 Å². The maximum atomic E-state index is 5.95. The molecule has 0 aliphatic heterocycles.